The normalized spacial score (nSPS) is 13.5. The molecule has 0 spiro atoms. The molecular formula is C20H25BrN2O3. The van der Waals surface area contributed by atoms with Crippen molar-refractivity contribution in [2.45, 2.75) is 39.3 Å². The van der Waals surface area contributed by atoms with E-state index in [-0.39, 0.29) is 11.8 Å². The van der Waals surface area contributed by atoms with E-state index in [9.17, 15) is 14.7 Å². The molecule has 5 nitrogen and oxygen atoms in total. The number of carbonyl (C=O) groups is 2. The maximum Gasteiger partial charge on any atom is 0.252 e. The summed E-state index contributed by atoms with van der Waals surface area (Å²) in [6.45, 7) is 6.14. The molecule has 2 aromatic rings. The number of fused-ring (bicyclic) bond motifs is 1. The summed E-state index contributed by atoms with van der Waals surface area (Å²) in [6.07, 6.45) is -0.152. The highest BCUT2D eigenvalue weighted by atomic mass is 79.9. The quantitative estimate of drug-likeness (QED) is 0.642. The number of rotatable bonds is 7. The van der Waals surface area contributed by atoms with Crippen LogP contribution in [0.15, 0.2) is 40.9 Å². The van der Waals surface area contributed by atoms with Gasteiger partial charge in [-0.15, -0.1) is 0 Å². The smallest absolute Gasteiger partial charge is 0.252 e. The van der Waals surface area contributed by atoms with Crippen molar-refractivity contribution in [3.8, 4) is 0 Å². The summed E-state index contributed by atoms with van der Waals surface area (Å²) >= 11 is 3.42. The van der Waals surface area contributed by atoms with E-state index in [1.807, 2.05) is 24.3 Å². The molecule has 0 aliphatic heterocycles. The first kappa shape index (κ1) is 20.4. The van der Waals surface area contributed by atoms with Gasteiger partial charge < -0.3 is 15.7 Å². The molecule has 2 amide bonds. The zero-order valence-electron chi connectivity index (χ0n) is 15.3. The van der Waals surface area contributed by atoms with Crippen molar-refractivity contribution in [1.29, 1.82) is 0 Å². The molecule has 0 radical (unpaired) electrons. The Morgan fingerprint density at radius 2 is 1.73 bits per heavy atom. The minimum absolute atomic E-state index is 0.376. The molecule has 0 aromatic heterocycles. The zero-order chi connectivity index (χ0) is 19.3. The molecule has 2 rings (SSSR count). The molecule has 0 bridgehead atoms. The fourth-order valence-corrected chi connectivity index (χ4v) is 2.96. The number of hydrogen-bond acceptors (Lipinski definition) is 3. The van der Waals surface area contributed by atoms with Crippen LogP contribution in [0.2, 0.25) is 0 Å². The minimum Gasteiger partial charge on any atom is -0.391 e. The first-order valence-electron chi connectivity index (χ1n) is 8.74. The molecule has 0 fully saturated rings. The predicted octanol–water partition coefficient (Wildman–Crippen LogP) is 3.24. The molecule has 140 valence electrons. The predicted molar refractivity (Wildman–Crippen MR) is 107 cm³/mol. The third-order valence-corrected chi connectivity index (χ3v) is 4.63. The lowest BCUT2D eigenvalue weighted by Gasteiger charge is -2.21. The van der Waals surface area contributed by atoms with Gasteiger partial charge in [-0.3, -0.25) is 9.59 Å². The van der Waals surface area contributed by atoms with Crippen LogP contribution in [0.3, 0.4) is 0 Å². The lowest BCUT2D eigenvalue weighted by molar-refractivity contribution is -0.125. The second kappa shape index (κ2) is 9.14. The third kappa shape index (κ3) is 5.54. The monoisotopic (exact) mass is 420 g/mol. The Morgan fingerprint density at radius 1 is 1.08 bits per heavy atom. The summed E-state index contributed by atoms with van der Waals surface area (Å²) in [5, 5.41) is 17.2. The number of nitrogens with one attached hydrogen (secondary N) is 2. The van der Waals surface area contributed by atoms with Gasteiger partial charge >= 0.3 is 0 Å². The molecule has 2 aromatic carbocycles. The van der Waals surface area contributed by atoms with E-state index in [0.29, 0.717) is 18.0 Å². The van der Waals surface area contributed by atoms with Crippen LogP contribution in [-0.2, 0) is 4.79 Å². The van der Waals surface area contributed by atoms with Crippen LogP contribution in [-0.4, -0.2) is 35.6 Å². The lowest BCUT2D eigenvalue weighted by Crippen LogP contribution is -2.52. The fraction of sp³-hybridized carbons (Fsp3) is 0.400. The summed E-state index contributed by atoms with van der Waals surface area (Å²) in [7, 11) is 0. The summed E-state index contributed by atoms with van der Waals surface area (Å²) in [5.74, 6) is -0.300. The third-order valence-electron chi connectivity index (χ3n) is 4.14. The largest absolute Gasteiger partial charge is 0.391 e. The highest BCUT2D eigenvalue weighted by Gasteiger charge is 2.25. The van der Waals surface area contributed by atoms with E-state index in [1.54, 1.807) is 12.1 Å². The molecule has 2 atom stereocenters. The van der Waals surface area contributed by atoms with Crippen molar-refractivity contribution in [3.05, 3.63) is 46.4 Å². The lowest BCUT2D eigenvalue weighted by atomic mass is 10.1. The van der Waals surface area contributed by atoms with Crippen LogP contribution >= 0.6 is 15.9 Å². The molecule has 0 saturated heterocycles. The van der Waals surface area contributed by atoms with Gasteiger partial charge in [0.25, 0.3) is 5.91 Å². The van der Waals surface area contributed by atoms with Gasteiger partial charge in [-0.25, -0.2) is 0 Å². The fourth-order valence-electron chi connectivity index (χ4n) is 2.58. The van der Waals surface area contributed by atoms with Gasteiger partial charge in [0.15, 0.2) is 0 Å². The van der Waals surface area contributed by atoms with Crippen LogP contribution in [0.1, 0.15) is 37.6 Å². The summed E-state index contributed by atoms with van der Waals surface area (Å²) in [6, 6.07) is 10.1. The number of carbonyl (C=O) groups excluding carboxylic acids is 2. The van der Waals surface area contributed by atoms with Gasteiger partial charge in [-0.05, 0) is 54.3 Å². The average Bonchev–Trinajstić information content (AvgIpc) is 2.58. The van der Waals surface area contributed by atoms with Crippen molar-refractivity contribution in [2.75, 3.05) is 6.54 Å². The number of benzene rings is 2. The number of aliphatic hydroxyl groups excluding tert-OH is 1. The number of halogens is 1. The van der Waals surface area contributed by atoms with Gasteiger partial charge in [0.2, 0.25) is 5.91 Å². The standard InChI is InChI=1S/C20H25BrN2O3/c1-12(2)8-9-22-20(26)18(13(3)24)23-19(25)16-5-4-15-11-17(21)7-6-14(15)10-16/h4-7,10-13,18,24H,8-9H2,1-3H3,(H,22,26)(H,23,25)/t13-,18+/m1/s1. The minimum atomic E-state index is -0.991. The van der Waals surface area contributed by atoms with Crippen molar-refractivity contribution in [3.63, 3.8) is 0 Å². The molecule has 0 unspecified atom stereocenters. The zero-order valence-corrected chi connectivity index (χ0v) is 16.8. The highest BCUT2D eigenvalue weighted by Crippen LogP contribution is 2.21. The maximum atomic E-state index is 12.5. The van der Waals surface area contributed by atoms with E-state index >= 15 is 0 Å². The molecular weight excluding hydrogens is 396 g/mol. The Morgan fingerprint density at radius 3 is 2.38 bits per heavy atom. The van der Waals surface area contributed by atoms with E-state index < -0.39 is 12.1 Å². The van der Waals surface area contributed by atoms with Gasteiger partial charge in [-0.1, -0.05) is 41.9 Å². The average molecular weight is 421 g/mol. The first-order chi connectivity index (χ1) is 12.3. The van der Waals surface area contributed by atoms with Crippen molar-refractivity contribution in [2.24, 2.45) is 5.92 Å². The van der Waals surface area contributed by atoms with Crippen molar-refractivity contribution >= 4 is 38.5 Å². The Labute approximate surface area is 162 Å². The van der Waals surface area contributed by atoms with Gasteiger partial charge in [0.05, 0.1) is 6.10 Å². The number of amides is 2. The first-order valence-corrected chi connectivity index (χ1v) is 9.53. The van der Waals surface area contributed by atoms with Crippen LogP contribution in [0.25, 0.3) is 10.8 Å². The summed E-state index contributed by atoms with van der Waals surface area (Å²) in [5.41, 5.74) is 0.445. The van der Waals surface area contributed by atoms with E-state index in [2.05, 4.69) is 40.4 Å². The topological polar surface area (TPSA) is 78.4 Å². The second-order valence-corrected chi connectivity index (χ2v) is 7.79. The van der Waals surface area contributed by atoms with Gasteiger partial charge in [0.1, 0.15) is 6.04 Å². The van der Waals surface area contributed by atoms with Crippen LogP contribution in [0.5, 0.6) is 0 Å². The van der Waals surface area contributed by atoms with Crippen LogP contribution in [0.4, 0.5) is 0 Å². The number of aliphatic hydroxyl groups is 1. The summed E-state index contributed by atoms with van der Waals surface area (Å²) < 4.78 is 0.967. The molecule has 0 saturated carbocycles. The Balaban J connectivity index is 2.09. The van der Waals surface area contributed by atoms with E-state index in [1.165, 1.54) is 6.92 Å². The second-order valence-electron chi connectivity index (χ2n) is 6.87. The van der Waals surface area contributed by atoms with Crippen LogP contribution in [0, 0.1) is 5.92 Å². The SMILES string of the molecule is CC(C)CCNC(=O)[C@@H](NC(=O)c1ccc2cc(Br)ccc2c1)[C@@H](C)O. The van der Waals surface area contributed by atoms with Crippen molar-refractivity contribution in [1.82, 2.24) is 10.6 Å². The van der Waals surface area contributed by atoms with Crippen molar-refractivity contribution < 1.29 is 14.7 Å². The van der Waals surface area contributed by atoms with E-state index in [0.717, 1.165) is 21.7 Å². The molecule has 0 heterocycles. The summed E-state index contributed by atoms with van der Waals surface area (Å²) in [4.78, 5) is 24.8. The Hall–Kier alpha value is -1.92. The van der Waals surface area contributed by atoms with Gasteiger partial charge in [-0.2, -0.15) is 0 Å². The molecule has 3 N–H and O–H groups in total. The molecule has 26 heavy (non-hydrogen) atoms. The Kier molecular flexibility index (Phi) is 7.17. The number of hydrogen-bond donors (Lipinski definition) is 3. The molecule has 0 aliphatic rings. The molecule has 0 aliphatic carbocycles. The van der Waals surface area contributed by atoms with Gasteiger partial charge in [0, 0.05) is 16.6 Å². The Bertz CT molecular complexity index is 790. The van der Waals surface area contributed by atoms with E-state index in [4.69, 9.17) is 0 Å². The van der Waals surface area contributed by atoms with Crippen LogP contribution < -0.4 is 10.6 Å². The maximum absolute atomic E-state index is 12.5. The molecule has 6 heteroatoms. The highest BCUT2D eigenvalue weighted by molar-refractivity contribution is 9.10.